The standard InChI is InChI=1S/C9H12N2O2S/c1-7-10-6-8(14-7)9(12)11-2-4-13-5-3-11/h6H,2-5H2,1H3. The zero-order valence-electron chi connectivity index (χ0n) is 8.02. The van der Waals surface area contributed by atoms with Gasteiger partial charge in [0, 0.05) is 13.1 Å². The Bertz CT molecular complexity index is 331. The largest absolute Gasteiger partial charge is 0.378 e. The van der Waals surface area contributed by atoms with Crippen molar-refractivity contribution < 1.29 is 9.53 Å². The lowest BCUT2D eigenvalue weighted by Gasteiger charge is -2.26. The van der Waals surface area contributed by atoms with Gasteiger partial charge in [-0.25, -0.2) is 4.98 Å². The molecule has 1 fully saturated rings. The van der Waals surface area contributed by atoms with Crippen LogP contribution in [0.3, 0.4) is 0 Å². The van der Waals surface area contributed by atoms with Gasteiger partial charge in [-0.1, -0.05) is 0 Å². The van der Waals surface area contributed by atoms with Gasteiger partial charge in [-0.2, -0.15) is 0 Å². The molecule has 0 atom stereocenters. The second-order valence-electron chi connectivity index (χ2n) is 3.15. The molecule has 14 heavy (non-hydrogen) atoms. The molecule has 0 radical (unpaired) electrons. The van der Waals surface area contributed by atoms with Gasteiger partial charge in [0.1, 0.15) is 4.88 Å². The van der Waals surface area contributed by atoms with Crippen LogP contribution in [0.25, 0.3) is 0 Å². The number of aryl methyl sites for hydroxylation is 1. The molecule has 1 aliphatic heterocycles. The van der Waals surface area contributed by atoms with Crippen molar-refractivity contribution in [3.63, 3.8) is 0 Å². The Balaban J connectivity index is 2.07. The maximum atomic E-state index is 11.9. The van der Waals surface area contributed by atoms with Crippen LogP contribution in [0.4, 0.5) is 0 Å². The molecule has 1 aromatic rings. The van der Waals surface area contributed by atoms with E-state index in [0.29, 0.717) is 26.3 Å². The van der Waals surface area contributed by atoms with E-state index >= 15 is 0 Å². The summed E-state index contributed by atoms with van der Waals surface area (Å²) in [5.41, 5.74) is 0. The molecule has 0 aliphatic carbocycles. The summed E-state index contributed by atoms with van der Waals surface area (Å²) < 4.78 is 5.18. The lowest BCUT2D eigenvalue weighted by atomic mass is 10.4. The zero-order chi connectivity index (χ0) is 9.97. The van der Waals surface area contributed by atoms with Crippen LogP contribution in [-0.2, 0) is 4.74 Å². The molecule has 76 valence electrons. The predicted octanol–water partition coefficient (Wildman–Crippen LogP) is 0.924. The van der Waals surface area contributed by atoms with Gasteiger partial charge in [-0.15, -0.1) is 11.3 Å². The molecular weight excluding hydrogens is 200 g/mol. The van der Waals surface area contributed by atoms with Crippen molar-refractivity contribution in [2.45, 2.75) is 6.92 Å². The minimum atomic E-state index is 0.0823. The van der Waals surface area contributed by atoms with Crippen LogP contribution in [0.2, 0.25) is 0 Å². The third-order valence-electron chi connectivity index (χ3n) is 2.13. The van der Waals surface area contributed by atoms with Crippen LogP contribution < -0.4 is 0 Å². The SMILES string of the molecule is Cc1ncc(C(=O)N2CCOCC2)s1. The lowest BCUT2D eigenvalue weighted by Crippen LogP contribution is -2.40. The van der Waals surface area contributed by atoms with E-state index in [-0.39, 0.29) is 5.91 Å². The fourth-order valence-corrected chi connectivity index (χ4v) is 2.13. The summed E-state index contributed by atoms with van der Waals surface area (Å²) in [5.74, 6) is 0.0823. The second-order valence-corrected chi connectivity index (χ2v) is 4.38. The Hall–Kier alpha value is -0.940. The van der Waals surface area contributed by atoms with Crippen molar-refractivity contribution in [3.8, 4) is 0 Å². The summed E-state index contributed by atoms with van der Waals surface area (Å²) in [5, 5.41) is 0.932. The van der Waals surface area contributed by atoms with Crippen molar-refractivity contribution in [1.29, 1.82) is 0 Å². The van der Waals surface area contributed by atoms with Gasteiger partial charge in [-0.05, 0) is 6.92 Å². The number of rotatable bonds is 1. The minimum Gasteiger partial charge on any atom is -0.378 e. The highest BCUT2D eigenvalue weighted by Gasteiger charge is 2.19. The number of carbonyl (C=O) groups excluding carboxylic acids is 1. The average Bonchev–Trinajstić information content (AvgIpc) is 2.65. The van der Waals surface area contributed by atoms with E-state index in [0.717, 1.165) is 9.88 Å². The van der Waals surface area contributed by atoms with Crippen LogP contribution in [0, 0.1) is 6.92 Å². The normalized spacial score (nSPS) is 17.1. The molecule has 0 saturated carbocycles. The molecule has 2 rings (SSSR count). The van der Waals surface area contributed by atoms with E-state index in [9.17, 15) is 4.79 Å². The van der Waals surface area contributed by atoms with E-state index < -0.39 is 0 Å². The van der Waals surface area contributed by atoms with E-state index in [1.54, 1.807) is 6.20 Å². The first-order valence-electron chi connectivity index (χ1n) is 4.57. The molecule has 0 spiro atoms. The van der Waals surface area contributed by atoms with Crippen LogP contribution in [-0.4, -0.2) is 42.1 Å². The summed E-state index contributed by atoms with van der Waals surface area (Å²) in [6, 6.07) is 0. The number of nitrogens with zero attached hydrogens (tertiary/aromatic N) is 2. The summed E-state index contributed by atoms with van der Waals surface area (Å²) in [7, 11) is 0. The monoisotopic (exact) mass is 212 g/mol. The van der Waals surface area contributed by atoms with Gasteiger partial charge in [0.2, 0.25) is 0 Å². The highest BCUT2D eigenvalue weighted by atomic mass is 32.1. The average molecular weight is 212 g/mol. The number of ether oxygens (including phenoxy) is 1. The molecule has 4 nitrogen and oxygen atoms in total. The van der Waals surface area contributed by atoms with Gasteiger partial charge in [-0.3, -0.25) is 4.79 Å². The summed E-state index contributed by atoms with van der Waals surface area (Å²) >= 11 is 1.45. The van der Waals surface area contributed by atoms with Crippen molar-refractivity contribution in [2.75, 3.05) is 26.3 Å². The molecule has 1 saturated heterocycles. The lowest BCUT2D eigenvalue weighted by molar-refractivity contribution is 0.0306. The smallest absolute Gasteiger partial charge is 0.265 e. The molecule has 0 N–H and O–H groups in total. The third kappa shape index (κ3) is 1.93. The third-order valence-corrected chi connectivity index (χ3v) is 3.03. The van der Waals surface area contributed by atoms with E-state index in [1.807, 2.05) is 11.8 Å². The topological polar surface area (TPSA) is 42.4 Å². The van der Waals surface area contributed by atoms with E-state index in [4.69, 9.17) is 4.74 Å². The molecule has 0 aromatic carbocycles. The quantitative estimate of drug-likeness (QED) is 0.695. The van der Waals surface area contributed by atoms with Crippen molar-refractivity contribution in [2.24, 2.45) is 0 Å². The predicted molar refractivity (Wildman–Crippen MR) is 53.6 cm³/mol. The maximum Gasteiger partial charge on any atom is 0.265 e. The van der Waals surface area contributed by atoms with Crippen LogP contribution >= 0.6 is 11.3 Å². The van der Waals surface area contributed by atoms with Gasteiger partial charge in [0.05, 0.1) is 24.4 Å². The Morgan fingerprint density at radius 2 is 2.29 bits per heavy atom. The number of aromatic nitrogens is 1. The summed E-state index contributed by atoms with van der Waals surface area (Å²) in [6.45, 7) is 4.57. The Labute approximate surface area is 86.5 Å². The number of hydrogen-bond donors (Lipinski definition) is 0. The van der Waals surface area contributed by atoms with E-state index in [1.165, 1.54) is 11.3 Å². The van der Waals surface area contributed by atoms with Crippen LogP contribution in [0.1, 0.15) is 14.7 Å². The van der Waals surface area contributed by atoms with Gasteiger partial charge >= 0.3 is 0 Å². The molecule has 0 bridgehead atoms. The van der Waals surface area contributed by atoms with Gasteiger partial charge in [0.15, 0.2) is 0 Å². The fourth-order valence-electron chi connectivity index (χ4n) is 1.38. The fraction of sp³-hybridized carbons (Fsp3) is 0.556. The van der Waals surface area contributed by atoms with Crippen molar-refractivity contribution >= 4 is 17.2 Å². The molecule has 1 aliphatic rings. The van der Waals surface area contributed by atoms with Crippen LogP contribution in [0.5, 0.6) is 0 Å². The minimum absolute atomic E-state index is 0.0823. The molecular formula is C9H12N2O2S. The van der Waals surface area contributed by atoms with E-state index in [2.05, 4.69) is 4.98 Å². The molecule has 1 amide bonds. The highest BCUT2D eigenvalue weighted by molar-refractivity contribution is 7.13. The summed E-state index contributed by atoms with van der Waals surface area (Å²) in [6.07, 6.45) is 1.65. The number of hydrogen-bond acceptors (Lipinski definition) is 4. The Morgan fingerprint density at radius 3 is 2.86 bits per heavy atom. The number of morpholine rings is 1. The number of amides is 1. The number of thiazole rings is 1. The number of carbonyl (C=O) groups is 1. The van der Waals surface area contributed by atoms with Gasteiger partial charge in [0.25, 0.3) is 5.91 Å². The maximum absolute atomic E-state index is 11.9. The molecule has 0 unspecified atom stereocenters. The first-order valence-corrected chi connectivity index (χ1v) is 5.38. The first-order chi connectivity index (χ1) is 6.77. The Kier molecular flexibility index (Phi) is 2.79. The van der Waals surface area contributed by atoms with Crippen molar-refractivity contribution in [1.82, 2.24) is 9.88 Å². The Morgan fingerprint density at radius 1 is 1.57 bits per heavy atom. The highest BCUT2D eigenvalue weighted by Crippen LogP contribution is 2.14. The van der Waals surface area contributed by atoms with Crippen molar-refractivity contribution in [3.05, 3.63) is 16.1 Å². The van der Waals surface area contributed by atoms with Gasteiger partial charge < -0.3 is 9.64 Å². The molecule has 5 heteroatoms. The summed E-state index contributed by atoms with van der Waals surface area (Å²) in [4.78, 5) is 18.5. The second kappa shape index (κ2) is 4.06. The zero-order valence-corrected chi connectivity index (χ0v) is 8.84. The first kappa shape index (κ1) is 9.61. The van der Waals surface area contributed by atoms with Crippen LogP contribution in [0.15, 0.2) is 6.20 Å². The molecule has 1 aromatic heterocycles. The molecule has 2 heterocycles.